The number of hydrogen-bond donors (Lipinski definition) is 3. The fourth-order valence-corrected chi connectivity index (χ4v) is 3.53. The third-order valence-electron chi connectivity index (χ3n) is 4.87. The van der Waals surface area contributed by atoms with Gasteiger partial charge in [0, 0.05) is 12.1 Å². The van der Waals surface area contributed by atoms with Gasteiger partial charge in [-0.15, -0.1) is 0 Å². The molecule has 6 nitrogen and oxygen atoms in total. The summed E-state index contributed by atoms with van der Waals surface area (Å²) in [7, 11) is 0. The Labute approximate surface area is 161 Å². The molecular weight excluding hydrogens is 354 g/mol. The fraction of sp³-hybridized carbons (Fsp3) is 0.136. The van der Waals surface area contributed by atoms with Crippen molar-refractivity contribution in [2.75, 3.05) is 5.32 Å². The molecule has 6 heteroatoms. The maximum atomic E-state index is 12.6. The predicted octanol–water partition coefficient (Wildman–Crippen LogP) is 2.66. The maximum Gasteiger partial charge on any atom is 0.246 e. The van der Waals surface area contributed by atoms with Crippen LogP contribution in [0.4, 0.5) is 5.69 Å². The zero-order valence-electron chi connectivity index (χ0n) is 15.1. The van der Waals surface area contributed by atoms with Crippen molar-refractivity contribution >= 4 is 34.2 Å². The molecule has 1 atom stereocenters. The number of carbonyl (C=O) groups is 3. The molecule has 3 amide bonds. The Balaban J connectivity index is 1.42. The van der Waals surface area contributed by atoms with Gasteiger partial charge in [0.2, 0.25) is 17.7 Å². The molecule has 3 N–H and O–H groups in total. The molecule has 0 radical (unpaired) electrons. The van der Waals surface area contributed by atoms with Crippen molar-refractivity contribution < 1.29 is 14.4 Å². The Bertz CT molecular complexity index is 1070. The van der Waals surface area contributed by atoms with E-state index >= 15 is 0 Å². The molecule has 0 bridgehead atoms. The molecule has 1 aliphatic rings. The van der Waals surface area contributed by atoms with Gasteiger partial charge >= 0.3 is 0 Å². The zero-order chi connectivity index (χ0) is 19.5. The number of benzene rings is 3. The third kappa shape index (κ3) is 3.57. The molecule has 0 aliphatic carbocycles. The number of carbonyl (C=O) groups excluding carboxylic acids is 3. The van der Waals surface area contributed by atoms with Gasteiger partial charge in [0.15, 0.2) is 0 Å². The van der Waals surface area contributed by atoms with E-state index in [0.29, 0.717) is 5.69 Å². The summed E-state index contributed by atoms with van der Waals surface area (Å²) in [5.74, 6) is -1.59. The number of fused-ring (bicyclic) bond motifs is 2. The molecule has 1 aliphatic heterocycles. The molecular formula is C22H19N3O3. The lowest BCUT2D eigenvalue weighted by Gasteiger charge is -2.24. The maximum absolute atomic E-state index is 12.6. The number of rotatable bonds is 3. The van der Waals surface area contributed by atoms with Gasteiger partial charge in [-0.3, -0.25) is 25.2 Å². The number of amides is 3. The molecule has 1 heterocycles. The summed E-state index contributed by atoms with van der Waals surface area (Å²) in [6, 6.07) is 20.8. The SMILES string of the molecule is O=C(Cc1cccc2ccccc12)NNC(=O)C1CC(=O)Nc2ccccc21. The second-order valence-electron chi connectivity index (χ2n) is 6.74. The first-order valence-electron chi connectivity index (χ1n) is 9.06. The van der Waals surface area contributed by atoms with Crippen LogP contribution in [-0.4, -0.2) is 17.7 Å². The number of hydrogen-bond acceptors (Lipinski definition) is 3. The molecule has 0 saturated heterocycles. The normalized spacial score (nSPS) is 15.4. The van der Waals surface area contributed by atoms with Crippen molar-refractivity contribution in [1.82, 2.24) is 10.9 Å². The molecule has 4 rings (SSSR count). The second kappa shape index (κ2) is 7.52. The lowest BCUT2D eigenvalue weighted by atomic mass is 9.90. The lowest BCUT2D eigenvalue weighted by Crippen LogP contribution is -2.45. The van der Waals surface area contributed by atoms with E-state index in [0.717, 1.165) is 21.9 Å². The predicted molar refractivity (Wildman–Crippen MR) is 106 cm³/mol. The van der Waals surface area contributed by atoms with Crippen molar-refractivity contribution in [3.05, 3.63) is 77.9 Å². The first-order valence-corrected chi connectivity index (χ1v) is 9.06. The Morgan fingerprint density at radius 1 is 0.929 bits per heavy atom. The van der Waals surface area contributed by atoms with Crippen molar-refractivity contribution in [2.24, 2.45) is 0 Å². The molecule has 0 spiro atoms. The van der Waals surface area contributed by atoms with Crippen LogP contribution < -0.4 is 16.2 Å². The minimum absolute atomic E-state index is 0.0437. The highest BCUT2D eigenvalue weighted by Gasteiger charge is 2.30. The summed E-state index contributed by atoms with van der Waals surface area (Å²) in [4.78, 5) is 36.8. The van der Waals surface area contributed by atoms with Gasteiger partial charge in [0.1, 0.15) is 0 Å². The third-order valence-corrected chi connectivity index (χ3v) is 4.87. The highest BCUT2D eigenvalue weighted by molar-refractivity contribution is 6.01. The first kappa shape index (κ1) is 17.7. The summed E-state index contributed by atoms with van der Waals surface area (Å²) in [6.45, 7) is 0. The minimum Gasteiger partial charge on any atom is -0.326 e. The Morgan fingerprint density at radius 2 is 1.68 bits per heavy atom. The van der Waals surface area contributed by atoms with Crippen molar-refractivity contribution in [3.8, 4) is 0 Å². The molecule has 28 heavy (non-hydrogen) atoms. The molecule has 0 fully saturated rings. The smallest absolute Gasteiger partial charge is 0.246 e. The van der Waals surface area contributed by atoms with Crippen LogP contribution in [0.2, 0.25) is 0 Å². The largest absolute Gasteiger partial charge is 0.326 e. The highest BCUT2D eigenvalue weighted by atomic mass is 16.2. The topological polar surface area (TPSA) is 87.3 Å². The molecule has 1 unspecified atom stereocenters. The van der Waals surface area contributed by atoms with Crippen LogP contribution in [-0.2, 0) is 20.8 Å². The van der Waals surface area contributed by atoms with Gasteiger partial charge in [-0.05, 0) is 28.0 Å². The summed E-state index contributed by atoms with van der Waals surface area (Å²) >= 11 is 0. The number of nitrogens with one attached hydrogen (secondary N) is 3. The monoisotopic (exact) mass is 373 g/mol. The molecule has 140 valence electrons. The van der Waals surface area contributed by atoms with E-state index in [1.807, 2.05) is 48.5 Å². The van der Waals surface area contributed by atoms with Gasteiger partial charge in [-0.25, -0.2) is 0 Å². The van der Waals surface area contributed by atoms with Crippen LogP contribution in [0.15, 0.2) is 66.7 Å². The fourth-order valence-electron chi connectivity index (χ4n) is 3.53. The Kier molecular flexibility index (Phi) is 4.76. The van der Waals surface area contributed by atoms with Gasteiger partial charge in [-0.1, -0.05) is 60.7 Å². The summed E-state index contributed by atoms with van der Waals surface area (Å²) in [6.07, 6.45) is 0.186. The van der Waals surface area contributed by atoms with Crippen LogP contribution in [0.1, 0.15) is 23.5 Å². The highest BCUT2D eigenvalue weighted by Crippen LogP contribution is 2.31. The van der Waals surface area contributed by atoms with Gasteiger partial charge in [-0.2, -0.15) is 0 Å². The molecule has 0 saturated carbocycles. The number of para-hydroxylation sites is 1. The van der Waals surface area contributed by atoms with Crippen LogP contribution >= 0.6 is 0 Å². The first-order chi connectivity index (χ1) is 13.6. The van der Waals surface area contributed by atoms with Crippen LogP contribution in [0.25, 0.3) is 10.8 Å². The molecule has 3 aromatic rings. The van der Waals surface area contributed by atoms with E-state index < -0.39 is 11.8 Å². The Hall–Kier alpha value is -3.67. The zero-order valence-corrected chi connectivity index (χ0v) is 15.1. The van der Waals surface area contributed by atoms with Crippen molar-refractivity contribution in [1.29, 1.82) is 0 Å². The van der Waals surface area contributed by atoms with E-state index in [2.05, 4.69) is 16.2 Å². The standard InChI is InChI=1S/C22H19N3O3/c26-20-13-18(17-10-3-4-11-19(17)23-20)22(28)25-24-21(27)12-15-8-5-7-14-6-1-2-9-16(14)15/h1-11,18H,12-13H2,(H,23,26)(H,24,27)(H,25,28). The summed E-state index contributed by atoms with van der Waals surface area (Å²) < 4.78 is 0. The van der Waals surface area contributed by atoms with Gasteiger partial charge < -0.3 is 5.32 Å². The van der Waals surface area contributed by atoms with E-state index in [9.17, 15) is 14.4 Å². The van der Waals surface area contributed by atoms with Crippen LogP contribution in [0, 0.1) is 0 Å². The van der Waals surface area contributed by atoms with E-state index in [1.165, 1.54) is 0 Å². The average Bonchev–Trinajstić information content (AvgIpc) is 2.71. The summed E-state index contributed by atoms with van der Waals surface area (Å²) in [5, 5.41) is 4.81. The summed E-state index contributed by atoms with van der Waals surface area (Å²) in [5.41, 5.74) is 7.18. The minimum atomic E-state index is -0.636. The van der Waals surface area contributed by atoms with Crippen molar-refractivity contribution in [3.63, 3.8) is 0 Å². The van der Waals surface area contributed by atoms with E-state index in [-0.39, 0.29) is 24.7 Å². The van der Waals surface area contributed by atoms with Crippen LogP contribution in [0.3, 0.4) is 0 Å². The molecule has 0 aromatic heterocycles. The Morgan fingerprint density at radius 3 is 2.57 bits per heavy atom. The van der Waals surface area contributed by atoms with Crippen LogP contribution in [0.5, 0.6) is 0 Å². The second-order valence-corrected chi connectivity index (χ2v) is 6.74. The van der Waals surface area contributed by atoms with E-state index in [4.69, 9.17) is 0 Å². The quantitative estimate of drug-likeness (QED) is 0.617. The van der Waals surface area contributed by atoms with E-state index in [1.54, 1.807) is 18.2 Å². The van der Waals surface area contributed by atoms with Gasteiger partial charge in [0.25, 0.3) is 0 Å². The average molecular weight is 373 g/mol. The van der Waals surface area contributed by atoms with Gasteiger partial charge in [0.05, 0.1) is 12.3 Å². The number of hydrazine groups is 1. The molecule has 3 aromatic carbocycles. The lowest BCUT2D eigenvalue weighted by molar-refractivity contribution is -0.130. The number of anilines is 1. The van der Waals surface area contributed by atoms with Crippen molar-refractivity contribution in [2.45, 2.75) is 18.8 Å².